The maximum absolute atomic E-state index is 12.8. The number of anilines is 2. The smallest absolute Gasteiger partial charge is 0.416 e. The van der Waals surface area contributed by atoms with Crippen LogP contribution < -0.4 is 25.8 Å². The van der Waals surface area contributed by atoms with Crippen molar-refractivity contribution < 1.29 is 19.1 Å². The summed E-state index contributed by atoms with van der Waals surface area (Å²) in [6, 6.07) is 6.68. The Kier molecular flexibility index (Phi) is 6.16. The number of pyridine rings is 2. The Morgan fingerprint density at radius 1 is 1.16 bits per heavy atom. The van der Waals surface area contributed by atoms with Crippen LogP contribution in [0.3, 0.4) is 0 Å². The van der Waals surface area contributed by atoms with Gasteiger partial charge in [-0.25, -0.2) is 19.7 Å². The fourth-order valence-corrected chi connectivity index (χ4v) is 5.48. The number of nitrogens with one attached hydrogen (secondary N) is 2. The van der Waals surface area contributed by atoms with Crippen LogP contribution in [-0.2, 0) is 16.1 Å². The number of amides is 2. The average Bonchev–Trinajstić information content (AvgIpc) is 3.24. The zero-order chi connectivity index (χ0) is 25.5. The first kappa shape index (κ1) is 23.7. The SMILES string of the molecule is CSc1ncc2ccc(=O)n(CCN[C@H]3CC[C@H]4[C@@H](C3)OC(=O)N4c3ccc4c(n3)NC(=O)CO4)c2n1. The number of fused-ring (bicyclic) bond motifs is 3. The van der Waals surface area contributed by atoms with Gasteiger partial charge in [0.25, 0.3) is 11.5 Å². The van der Waals surface area contributed by atoms with Crippen LogP contribution in [0.15, 0.2) is 40.4 Å². The fraction of sp³-hybridized carbons (Fsp3) is 0.417. The van der Waals surface area contributed by atoms with Gasteiger partial charge in [0.1, 0.15) is 17.6 Å². The third-order valence-corrected chi connectivity index (χ3v) is 7.46. The first-order valence-electron chi connectivity index (χ1n) is 12.1. The van der Waals surface area contributed by atoms with Gasteiger partial charge in [0, 0.05) is 43.2 Å². The van der Waals surface area contributed by atoms with Gasteiger partial charge in [-0.15, -0.1) is 0 Å². The van der Waals surface area contributed by atoms with E-state index in [2.05, 4.69) is 25.6 Å². The lowest BCUT2D eigenvalue weighted by Crippen LogP contribution is -2.46. The minimum Gasteiger partial charge on any atom is -0.480 e. The van der Waals surface area contributed by atoms with E-state index in [1.54, 1.807) is 33.9 Å². The number of rotatable bonds is 6. The van der Waals surface area contributed by atoms with E-state index in [1.807, 2.05) is 6.26 Å². The van der Waals surface area contributed by atoms with Crippen molar-refractivity contribution in [3.05, 3.63) is 40.8 Å². The first-order chi connectivity index (χ1) is 18.0. The standard InChI is InChI=1S/C24H25N7O5S/c1-37-23-26-11-13-2-7-20(33)30(22(13)29-23)9-8-25-14-3-4-15-17(10-14)36-24(34)31(15)18-6-5-16-21(27-18)28-19(32)12-35-16/h2,5-7,11,14-15,17,25H,3-4,8-10,12H2,1H3,(H,27,28,32)/t14-,15-,17+/m0/s1. The number of carbonyl (C=O) groups excluding carboxylic acids is 2. The summed E-state index contributed by atoms with van der Waals surface area (Å²) < 4.78 is 12.7. The molecule has 37 heavy (non-hydrogen) atoms. The summed E-state index contributed by atoms with van der Waals surface area (Å²) in [5.74, 6) is 0.921. The van der Waals surface area contributed by atoms with Crippen LogP contribution in [0.1, 0.15) is 19.3 Å². The summed E-state index contributed by atoms with van der Waals surface area (Å²) in [5.41, 5.74) is 0.514. The topological polar surface area (TPSA) is 141 Å². The van der Waals surface area contributed by atoms with Gasteiger partial charge < -0.3 is 20.1 Å². The van der Waals surface area contributed by atoms with E-state index in [9.17, 15) is 14.4 Å². The number of ether oxygens (including phenoxy) is 2. The molecule has 3 aromatic heterocycles. The maximum Gasteiger partial charge on any atom is 0.416 e. The minimum atomic E-state index is -0.447. The van der Waals surface area contributed by atoms with E-state index < -0.39 is 6.09 Å². The monoisotopic (exact) mass is 523 g/mol. The van der Waals surface area contributed by atoms with Crippen LogP contribution in [-0.4, -0.2) is 69.1 Å². The number of hydrogen-bond donors (Lipinski definition) is 2. The highest BCUT2D eigenvalue weighted by Crippen LogP contribution is 2.37. The Morgan fingerprint density at radius 3 is 2.92 bits per heavy atom. The second kappa shape index (κ2) is 9.63. The fourth-order valence-electron chi connectivity index (χ4n) is 5.14. The Labute approximate surface area is 215 Å². The Morgan fingerprint density at radius 2 is 2.05 bits per heavy atom. The van der Waals surface area contributed by atoms with Crippen LogP contribution >= 0.6 is 11.8 Å². The molecular formula is C24H25N7O5S. The average molecular weight is 524 g/mol. The number of thioether (sulfide) groups is 1. The molecule has 6 rings (SSSR count). The molecule has 192 valence electrons. The van der Waals surface area contributed by atoms with Crippen molar-refractivity contribution in [3.63, 3.8) is 0 Å². The van der Waals surface area contributed by atoms with Gasteiger partial charge >= 0.3 is 6.09 Å². The quantitative estimate of drug-likeness (QED) is 0.363. The molecule has 0 spiro atoms. The Bertz CT molecular complexity index is 1450. The lowest BCUT2D eigenvalue weighted by atomic mass is 9.88. The first-order valence-corrected chi connectivity index (χ1v) is 13.3. The normalized spacial score (nSPS) is 22.7. The lowest BCUT2D eigenvalue weighted by molar-refractivity contribution is -0.118. The molecule has 0 bridgehead atoms. The molecule has 1 saturated heterocycles. The van der Waals surface area contributed by atoms with Crippen LogP contribution in [0.2, 0.25) is 0 Å². The molecule has 12 nitrogen and oxygen atoms in total. The van der Waals surface area contributed by atoms with Crippen molar-refractivity contribution in [2.24, 2.45) is 0 Å². The van der Waals surface area contributed by atoms with Crippen molar-refractivity contribution in [1.29, 1.82) is 0 Å². The summed E-state index contributed by atoms with van der Waals surface area (Å²) in [6.07, 6.45) is 5.13. The number of aromatic nitrogens is 4. The van der Waals surface area contributed by atoms with E-state index >= 15 is 0 Å². The summed E-state index contributed by atoms with van der Waals surface area (Å²) in [4.78, 5) is 51.8. The van der Waals surface area contributed by atoms with Crippen LogP contribution in [0, 0.1) is 0 Å². The predicted molar refractivity (Wildman–Crippen MR) is 136 cm³/mol. The van der Waals surface area contributed by atoms with E-state index in [4.69, 9.17) is 9.47 Å². The molecule has 3 atom stereocenters. The van der Waals surface area contributed by atoms with Crippen molar-refractivity contribution >= 4 is 46.4 Å². The van der Waals surface area contributed by atoms with Crippen molar-refractivity contribution in [2.45, 2.75) is 49.2 Å². The molecule has 3 aliphatic rings. The number of carbonyl (C=O) groups is 2. The third kappa shape index (κ3) is 4.48. The molecule has 1 saturated carbocycles. The zero-order valence-corrected chi connectivity index (χ0v) is 20.9. The van der Waals surface area contributed by atoms with Crippen molar-refractivity contribution in [2.75, 3.05) is 29.6 Å². The van der Waals surface area contributed by atoms with Gasteiger partial charge in [-0.2, -0.15) is 0 Å². The Hall–Kier alpha value is -3.71. The molecule has 1 aliphatic carbocycles. The molecule has 2 aliphatic heterocycles. The van der Waals surface area contributed by atoms with Gasteiger partial charge in [0.15, 0.2) is 23.3 Å². The van der Waals surface area contributed by atoms with Crippen molar-refractivity contribution in [1.82, 2.24) is 24.8 Å². The minimum absolute atomic E-state index is 0.0550. The van der Waals surface area contributed by atoms with Gasteiger partial charge in [-0.3, -0.25) is 19.1 Å². The molecular weight excluding hydrogens is 498 g/mol. The summed E-state index contributed by atoms with van der Waals surface area (Å²) in [5, 5.41) is 7.64. The molecule has 0 aromatic carbocycles. The molecule has 13 heteroatoms. The highest BCUT2D eigenvalue weighted by molar-refractivity contribution is 7.98. The van der Waals surface area contributed by atoms with Crippen LogP contribution in [0.4, 0.5) is 16.4 Å². The summed E-state index contributed by atoms with van der Waals surface area (Å²) in [7, 11) is 0. The van der Waals surface area contributed by atoms with Gasteiger partial charge in [-0.05, 0) is 37.3 Å². The second-order valence-corrected chi connectivity index (χ2v) is 9.91. The van der Waals surface area contributed by atoms with Gasteiger partial charge in [-0.1, -0.05) is 11.8 Å². The van der Waals surface area contributed by atoms with Crippen LogP contribution in [0.25, 0.3) is 11.0 Å². The molecule has 0 unspecified atom stereocenters. The molecule has 3 aromatic rings. The molecule has 2 amide bonds. The van der Waals surface area contributed by atoms with Gasteiger partial charge in [0.2, 0.25) is 0 Å². The summed E-state index contributed by atoms with van der Waals surface area (Å²) in [6.45, 7) is 0.980. The predicted octanol–water partition coefficient (Wildman–Crippen LogP) is 1.78. The highest BCUT2D eigenvalue weighted by Gasteiger charge is 2.46. The molecule has 0 radical (unpaired) electrons. The molecule has 5 heterocycles. The van der Waals surface area contributed by atoms with E-state index in [-0.39, 0.29) is 36.3 Å². The van der Waals surface area contributed by atoms with E-state index in [0.29, 0.717) is 47.7 Å². The molecule has 2 fully saturated rings. The van der Waals surface area contributed by atoms with E-state index in [1.165, 1.54) is 17.8 Å². The zero-order valence-electron chi connectivity index (χ0n) is 20.0. The van der Waals surface area contributed by atoms with E-state index in [0.717, 1.165) is 18.2 Å². The molecule has 2 N–H and O–H groups in total. The second-order valence-electron chi connectivity index (χ2n) is 9.14. The number of nitrogens with zero attached hydrogens (tertiary/aromatic N) is 5. The summed E-state index contributed by atoms with van der Waals surface area (Å²) >= 11 is 1.43. The third-order valence-electron chi connectivity index (χ3n) is 6.90. The number of hydrogen-bond acceptors (Lipinski definition) is 10. The Balaban J connectivity index is 1.11. The lowest BCUT2D eigenvalue weighted by Gasteiger charge is -2.33. The van der Waals surface area contributed by atoms with Crippen molar-refractivity contribution in [3.8, 4) is 5.75 Å². The highest BCUT2D eigenvalue weighted by atomic mass is 32.2. The van der Waals surface area contributed by atoms with Gasteiger partial charge in [0.05, 0.1) is 6.04 Å². The van der Waals surface area contributed by atoms with Crippen LogP contribution in [0.5, 0.6) is 5.75 Å². The maximum atomic E-state index is 12.8. The largest absolute Gasteiger partial charge is 0.480 e.